The van der Waals surface area contributed by atoms with Crippen LogP contribution in [0.3, 0.4) is 0 Å². The van der Waals surface area contributed by atoms with Gasteiger partial charge in [-0.2, -0.15) is 0 Å². The topological polar surface area (TPSA) is 123 Å². The van der Waals surface area contributed by atoms with Crippen LogP contribution in [0.15, 0.2) is 42.9 Å². The number of thiazole rings is 1. The minimum absolute atomic E-state index is 0.137. The van der Waals surface area contributed by atoms with E-state index in [-0.39, 0.29) is 11.9 Å². The van der Waals surface area contributed by atoms with Crippen molar-refractivity contribution < 1.29 is 14.3 Å². The summed E-state index contributed by atoms with van der Waals surface area (Å²) in [7, 11) is 0. The molecule has 2 aromatic heterocycles. The van der Waals surface area contributed by atoms with Crippen LogP contribution in [0.1, 0.15) is 19.3 Å². The Morgan fingerprint density at radius 2 is 1.86 bits per heavy atom. The largest absolute Gasteiger partial charge is 0.424 e. The van der Waals surface area contributed by atoms with Crippen molar-refractivity contribution in [3.8, 4) is 22.2 Å². The first kappa shape index (κ1) is 18.8. The van der Waals surface area contributed by atoms with Gasteiger partial charge in [0.15, 0.2) is 5.13 Å². The van der Waals surface area contributed by atoms with Gasteiger partial charge in [0.25, 0.3) is 0 Å². The Labute approximate surface area is 170 Å². The quantitative estimate of drug-likeness (QED) is 0.664. The molecule has 3 aromatic rings. The molecule has 1 aliphatic heterocycles. The van der Waals surface area contributed by atoms with Gasteiger partial charge in [-0.05, 0) is 42.7 Å². The van der Waals surface area contributed by atoms with Gasteiger partial charge in [-0.1, -0.05) is 11.3 Å². The Bertz CT molecular complexity index is 1020. The fraction of sp³-hybridized carbons (Fsp3) is 0.211. The number of primary amides is 1. The molecule has 0 saturated carbocycles. The normalized spacial score (nSPS) is 13.9. The lowest BCUT2D eigenvalue weighted by atomic mass is 10.1. The molecule has 0 aliphatic carbocycles. The second-order valence-corrected chi connectivity index (χ2v) is 7.39. The lowest BCUT2D eigenvalue weighted by Crippen LogP contribution is -2.34. The standard InChI is InChI=1S/C19H18N6O3S/c20-17(27)24-13-9-21-18(22-10-13)28-14-6-4-12(5-7-14)15-11-23-19(29-15)25-8-2-1-3-16(25)26/h4-7,9-11H,1-3,8H2,(H3,20,24,27). The third kappa shape index (κ3) is 4.49. The molecule has 3 N–H and O–H groups in total. The molecule has 4 rings (SSSR count). The van der Waals surface area contributed by atoms with E-state index < -0.39 is 6.03 Å². The molecule has 0 radical (unpaired) electrons. The van der Waals surface area contributed by atoms with Crippen LogP contribution in [0, 0.1) is 0 Å². The van der Waals surface area contributed by atoms with Crippen LogP contribution in [0.25, 0.3) is 10.4 Å². The van der Waals surface area contributed by atoms with Crippen LogP contribution in [-0.4, -0.2) is 33.4 Å². The van der Waals surface area contributed by atoms with E-state index in [9.17, 15) is 9.59 Å². The van der Waals surface area contributed by atoms with Crippen LogP contribution < -0.4 is 20.7 Å². The maximum Gasteiger partial charge on any atom is 0.322 e. The van der Waals surface area contributed by atoms with Crippen molar-refractivity contribution in [2.75, 3.05) is 16.8 Å². The third-order valence-corrected chi connectivity index (χ3v) is 5.36. The lowest BCUT2D eigenvalue weighted by Gasteiger charge is -2.23. The van der Waals surface area contributed by atoms with Crippen LogP contribution in [0.2, 0.25) is 0 Å². The van der Waals surface area contributed by atoms with Crippen molar-refractivity contribution in [2.24, 2.45) is 5.73 Å². The van der Waals surface area contributed by atoms with Crippen LogP contribution >= 0.6 is 11.3 Å². The highest BCUT2D eigenvalue weighted by atomic mass is 32.1. The number of anilines is 2. The van der Waals surface area contributed by atoms with Crippen molar-refractivity contribution >= 4 is 34.1 Å². The molecule has 3 amide bonds. The average Bonchev–Trinajstić information content (AvgIpc) is 3.20. The van der Waals surface area contributed by atoms with E-state index in [1.54, 1.807) is 23.2 Å². The molecule has 3 heterocycles. The summed E-state index contributed by atoms with van der Waals surface area (Å²) in [5, 5.41) is 3.12. The predicted molar refractivity (Wildman–Crippen MR) is 109 cm³/mol. The predicted octanol–water partition coefficient (Wildman–Crippen LogP) is 3.40. The van der Waals surface area contributed by atoms with Gasteiger partial charge >= 0.3 is 12.0 Å². The Balaban J connectivity index is 1.43. The van der Waals surface area contributed by atoms with Crippen molar-refractivity contribution in [3.05, 3.63) is 42.9 Å². The maximum atomic E-state index is 12.1. The highest BCUT2D eigenvalue weighted by Gasteiger charge is 2.22. The van der Waals surface area contributed by atoms with Crippen molar-refractivity contribution in [2.45, 2.75) is 19.3 Å². The second kappa shape index (κ2) is 8.23. The van der Waals surface area contributed by atoms with Gasteiger partial charge in [0.05, 0.1) is 23.0 Å². The second-order valence-electron chi connectivity index (χ2n) is 6.38. The van der Waals surface area contributed by atoms with E-state index in [1.807, 2.05) is 12.1 Å². The number of urea groups is 1. The summed E-state index contributed by atoms with van der Waals surface area (Å²) in [5.41, 5.74) is 6.40. The molecule has 10 heteroatoms. The molecule has 9 nitrogen and oxygen atoms in total. The number of aromatic nitrogens is 3. The fourth-order valence-electron chi connectivity index (χ4n) is 2.90. The minimum atomic E-state index is -0.686. The summed E-state index contributed by atoms with van der Waals surface area (Å²) in [6.45, 7) is 0.728. The Morgan fingerprint density at radius 3 is 2.55 bits per heavy atom. The molecule has 1 fully saturated rings. The van der Waals surface area contributed by atoms with Crippen molar-refractivity contribution in [1.29, 1.82) is 0 Å². The number of rotatable bonds is 5. The minimum Gasteiger partial charge on any atom is -0.424 e. The van der Waals surface area contributed by atoms with Crippen LogP contribution in [0.4, 0.5) is 15.6 Å². The third-order valence-electron chi connectivity index (χ3n) is 4.29. The van der Waals surface area contributed by atoms with Gasteiger partial charge in [-0.3, -0.25) is 9.69 Å². The Hall–Kier alpha value is -3.53. The summed E-state index contributed by atoms with van der Waals surface area (Å²) in [6, 6.07) is 6.89. The number of ether oxygens (including phenoxy) is 1. The maximum absolute atomic E-state index is 12.1. The van der Waals surface area contributed by atoms with Crippen LogP contribution in [0.5, 0.6) is 11.8 Å². The van der Waals surface area contributed by atoms with E-state index in [2.05, 4.69) is 20.3 Å². The molecule has 0 spiro atoms. The fourth-order valence-corrected chi connectivity index (χ4v) is 3.86. The molecule has 1 saturated heterocycles. The van der Waals surface area contributed by atoms with Crippen molar-refractivity contribution in [1.82, 2.24) is 15.0 Å². The molecule has 0 bridgehead atoms. The van der Waals surface area contributed by atoms with Gasteiger partial charge in [-0.15, -0.1) is 0 Å². The van der Waals surface area contributed by atoms with E-state index in [4.69, 9.17) is 10.5 Å². The average molecular weight is 410 g/mol. The van der Waals surface area contributed by atoms with E-state index in [0.29, 0.717) is 17.9 Å². The zero-order valence-corrected chi connectivity index (χ0v) is 16.2. The first-order chi connectivity index (χ1) is 14.1. The Kier molecular flexibility index (Phi) is 5.34. The number of nitrogens with one attached hydrogen (secondary N) is 1. The lowest BCUT2D eigenvalue weighted by molar-refractivity contribution is -0.119. The first-order valence-corrected chi connectivity index (χ1v) is 9.83. The zero-order valence-electron chi connectivity index (χ0n) is 15.4. The molecular weight excluding hydrogens is 392 g/mol. The zero-order chi connectivity index (χ0) is 20.2. The number of amides is 3. The van der Waals surface area contributed by atoms with Gasteiger partial charge in [0, 0.05) is 19.2 Å². The summed E-state index contributed by atoms with van der Waals surface area (Å²) in [4.78, 5) is 38.1. The molecule has 29 heavy (non-hydrogen) atoms. The smallest absolute Gasteiger partial charge is 0.322 e. The monoisotopic (exact) mass is 410 g/mol. The molecular formula is C19H18N6O3S. The molecule has 1 aromatic carbocycles. The van der Waals surface area contributed by atoms with E-state index in [1.165, 1.54) is 23.7 Å². The number of hydrogen-bond donors (Lipinski definition) is 2. The molecule has 0 atom stereocenters. The SMILES string of the molecule is NC(=O)Nc1cnc(Oc2ccc(-c3cnc(N4CCCCC4=O)s3)cc2)nc1. The molecule has 148 valence electrons. The van der Waals surface area contributed by atoms with E-state index >= 15 is 0 Å². The number of carbonyl (C=O) groups excluding carboxylic acids is 2. The summed E-state index contributed by atoms with van der Waals surface area (Å²) >= 11 is 1.50. The molecule has 1 aliphatic rings. The summed E-state index contributed by atoms with van der Waals surface area (Å²) in [5.74, 6) is 0.707. The van der Waals surface area contributed by atoms with Gasteiger partial charge < -0.3 is 15.8 Å². The number of carbonyl (C=O) groups is 2. The number of benzene rings is 1. The van der Waals surface area contributed by atoms with Gasteiger partial charge in [0.1, 0.15) is 5.75 Å². The number of nitrogens with zero attached hydrogens (tertiary/aromatic N) is 4. The Morgan fingerprint density at radius 1 is 1.10 bits per heavy atom. The summed E-state index contributed by atoms with van der Waals surface area (Å²) in [6.07, 6.45) is 7.13. The number of piperidine rings is 1. The molecule has 0 unspecified atom stereocenters. The highest BCUT2D eigenvalue weighted by molar-refractivity contribution is 7.19. The van der Waals surface area contributed by atoms with Gasteiger partial charge in [0.2, 0.25) is 5.91 Å². The van der Waals surface area contributed by atoms with Crippen LogP contribution in [-0.2, 0) is 4.79 Å². The highest BCUT2D eigenvalue weighted by Crippen LogP contribution is 2.33. The van der Waals surface area contributed by atoms with Gasteiger partial charge in [-0.25, -0.2) is 19.7 Å². The van der Waals surface area contributed by atoms with Crippen molar-refractivity contribution in [3.63, 3.8) is 0 Å². The number of nitrogens with two attached hydrogens (primary N) is 1. The summed E-state index contributed by atoms with van der Waals surface area (Å²) < 4.78 is 5.61. The van der Waals surface area contributed by atoms with E-state index in [0.717, 1.165) is 35.0 Å². The first-order valence-electron chi connectivity index (χ1n) is 9.01. The number of hydrogen-bond acceptors (Lipinski definition) is 7.